The molecule has 0 saturated heterocycles. The number of phenolic OH excluding ortho intramolecular Hbond substituents is 1. The normalized spacial score (nSPS) is 19.3. The van der Waals surface area contributed by atoms with E-state index in [0.29, 0.717) is 40.9 Å². The number of nitrogens with one attached hydrogen (secondary N) is 2. The molecule has 1 aliphatic heterocycles. The lowest BCUT2D eigenvalue weighted by molar-refractivity contribution is -0.116. The van der Waals surface area contributed by atoms with Crippen LogP contribution in [-0.2, 0) is 9.59 Å². The maximum Gasteiger partial charge on any atom is 0.254 e. The number of aromatic hydroxyl groups is 1. The number of carbonyl (C=O) groups is 2. The molecule has 3 aromatic carbocycles. The number of phenols is 1. The molecule has 1 aliphatic carbocycles. The second-order valence-electron chi connectivity index (χ2n) is 9.32. The molecular formula is C30H27FN2O4. The number of hydrogen-bond donors (Lipinski definition) is 3. The minimum absolute atomic E-state index is 0.0253. The lowest BCUT2D eigenvalue weighted by atomic mass is 9.71. The standard InChI is InChI=1S/C30H27FN2O4/c1-17-27(30(36)33-22-11-9-21(31)10-12-22)28(19-8-13-24(34)26(16-19)37-2)29-23(32-17)14-20(15-25(29)35)18-6-4-3-5-7-18/h3-13,16,20,28,32,34H,14-15H2,1-2H3,(H,33,36)/t20-,28+/m0/s1. The zero-order valence-electron chi connectivity index (χ0n) is 20.5. The number of halogens is 1. The van der Waals surface area contributed by atoms with Crippen LogP contribution in [0, 0.1) is 5.82 Å². The number of dihydropyridines is 1. The van der Waals surface area contributed by atoms with Gasteiger partial charge in [-0.1, -0.05) is 36.4 Å². The Morgan fingerprint density at radius 2 is 1.76 bits per heavy atom. The van der Waals surface area contributed by atoms with Crippen molar-refractivity contribution >= 4 is 17.4 Å². The van der Waals surface area contributed by atoms with Crippen LogP contribution in [0.15, 0.2) is 95.3 Å². The fourth-order valence-electron chi connectivity index (χ4n) is 5.24. The van der Waals surface area contributed by atoms with E-state index < -0.39 is 17.6 Å². The molecule has 1 amide bonds. The number of carbonyl (C=O) groups excluding carboxylic acids is 2. The third-order valence-electron chi connectivity index (χ3n) is 6.98. The molecule has 3 N–H and O–H groups in total. The van der Waals surface area contributed by atoms with E-state index in [0.717, 1.165) is 11.3 Å². The highest BCUT2D eigenvalue weighted by molar-refractivity contribution is 6.10. The Kier molecular flexibility index (Phi) is 6.53. The zero-order valence-corrected chi connectivity index (χ0v) is 20.5. The van der Waals surface area contributed by atoms with Crippen molar-refractivity contribution in [3.63, 3.8) is 0 Å². The summed E-state index contributed by atoms with van der Waals surface area (Å²) in [7, 11) is 1.45. The van der Waals surface area contributed by atoms with E-state index in [2.05, 4.69) is 10.6 Å². The predicted octanol–water partition coefficient (Wildman–Crippen LogP) is 5.54. The molecule has 0 aromatic heterocycles. The molecule has 1 heterocycles. The van der Waals surface area contributed by atoms with Crippen molar-refractivity contribution in [1.82, 2.24) is 5.32 Å². The average Bonchev–Trinajstić information content (AvgIpc) is 2.90. The van der Waals surface area contributed by atoms with Crippen LogP contribution in [0.4, 0.5) is 10.1 Å². The van der Waals surface area contributed by atoms with E-state index in [1.54, 1.807) is 12.1 Å². The molecular weight excluding hydrogens is 471 g/mol. The molecule has 6 nitrogen and oxygen atoms in total. The maximum absolute atomic E-state index is 13.7. The molecule has 188 valence electrons. The summed E-state index contributed by atoms with van der Waals surface area (Å²) >= 11 is 0. The van der Waals surface area contributed by atoms with Gasteiger partial charge in [0.2, 0.25) is 0 Å². The summed E-state index contributed by atoms with van der Waals surface area (Å²) in [6.45, 7) is 1.81. The second kappa shape index (κ2) is 9.93. The summed E-state index contributed by atoms with van der Waals surface area (Å²) in [5, 5.41) is 16.4. The molecule has 0 bridgehead atoms. The summed E-state index contributed by atoms with van der Waals surface area (Å²) < 4.78 is 18.7. The maximum atomic E-state index is 13.7. The van der Waals surface area contributed by atoms with Gasteiger partial charge < -0.3 is 20.5 Å². The zero-order chi connectivity index (χ0) is 26.1. The van der Waals surface area contributed by atoms with Gasteiger partial charge in [-0.25, -0.2) is 4.39 Å². The first-order valence-electron chi connectivity index (χ1n) is 12.1. The van der Waals surface area contributed by atoms with E-state index in [-0.39, 0.29) is 23.2 Å². The number of rotatable bonds is 5. The molecule has 7 heteroatoms. The summed E-state index contributed by atoms with van der Waals surface area (Å²) in [6, 6.07) is 20.3. The minimum atomic E-state index is -0.671. The van der Waals surface area contributed by atoms with Crippen LogP contribution < -0.4 is 15.4 Å². The van der Waals surface area contributed by atoms with Gasteiger partial charge in [0.25, 0.3) is 5.91 Å². The Hall–Kier alpha value is -4.39. The van der Waals surface area contributed by atoms with Crippen molar-refractivity contribution in [3.8, 4) is 11.5 Å². The number of anilines is 1. The van der Waals surface area contributed by atoms with Crippen LogP contribution in [-0.4, -0.2) is 23.9 Å². The van der Waals surface area contributed by atoms with Gasteiger partial charge in [-0.3, -0.25) is 9.59 Å². The number of hydrogen-bond acceptors (Lipinski definition) is 5. The van der Waals surface area contributed by atoms with E-state index in [4.69, 9.17) is 4.74 Å². The lowest BCUT2D eigenvalue weighted by Gasteiger charge is -2.37. The van der Waals surface area contributed by atoms with Gasteiger partial charge in [0.1, 0.15) is 5.82 Å². The number of amides is 1. The Labute approximate surface area is 214 Å². The molecule has 5 rings (SSSR count). The van der Waals surface area contributed by atoms with Gasteiger partial charge in [-0.15, -0.1) is 0 Å². The predicted molar refractivity (Wildman–Crippen MR) is 139 cm³/mol. The van der Waals surface area contributed by atoms with Crippen LogP contribution in [0.5, 0.6) is 11.5 Å². The fraction of sp³-hybridized carbons (Fsp3) is 0.200. The number of methoxy groups -OCH3 is 1. The van der Waals surface area contributed by atoms with Gasteiger partial charge in [-0.05, 0) is 66.8 Å². The number of benzene rings is 3. The summed E-state index contributed by atoms with van der Waals surface area (Å²) in [6.07, 6.45) is 0.948. The number of Topliss-reactive ketones (excluding diaryl/α,β-unsaturated/α-hetero) is 1. The lowest BCUT2D eigenvalue weighted by Crippen LogP contribution is -2.37. The van der Waals surface area contributed by atoms with E-state index >= 15 is 0 Å². The monoisotopic (exact) mass is 498 g/mol. The number of ether oxygens (including phenoxy) is 1. The van der Waals surface area contributed by atoms with Gasteiger partial charge in [0, 0.05) is 40.6 Å². The third-order valence-corrected chi connectivity index (χ3v) is 6.98. The van der Waals surface area contributed by atoms with Crippen molar-refractivity contribution in [3.05, 3.63) is 112 Å². The molecule has 3 aromatic rings. The van der Waals surface area contributed by atoms with E-state index in [9.17, 15) is 19.1 Å². The van der Waals surface area contributed by atoms with Crippen molar-refractivity contribution in [2.75, 3.05) is 12.4 Å². The second-order valence-corrected chi connectivity index (χ2v) is 9.32. The summed E-state index contributed by atoms with van der Waals surface area (Å²) in [4.78, 5) is 27.3. The Bertz CT molecular complexity index is 1430. The topological polar surface area (TPSA) is 87.7 Å². The van der Waals surface area contributed by atoms with Crippen LogP contribution in [0.25, 0.3) is 0 Å². The van der Waals surface area contributed by atoms with Gasteiger partial charge in [-0.2, -0.15) is 0 Å². The van der Waals surface area contributed by atoms with E-state index in [1.807, 2.05) is 37.3 Å². The van der Waals surface area contributed by atoms with Crippen LogP contribution in [0.2, 0.25) is 0 Å². The summed E-state index contributed by atoms with van der Waals surface area (Å²) in [5.74, 6) is -1.28. The van der Waals surface area contributed by atoms with E-state index in [1.165, 1.54) is 37.4 Å². The molecule has 0 unspecified atom stereocenters. The van der Waals surface area contributed by atoms with Crippen molar-refractivity contribution in [2.45, 2.75) is 31.6 Å². The van der Waals surface area contributed by atoms with Crippen LogP contribution in [0.1, 0.15) is 42.7 Å². The van der Waals surface area contributed by atoms with Crippen LogP contribution >= 0.6 is 0 Å². The third kappa shape index (κ3) is 4.72. The number of allylic oxidation sites excluding steroid dienone is 3. The molecule has 0 saturated carbocycles. The highest BCUT2D eigenvalue weighted by Crippen LogP contribution is 2.46. The molecule has 37 heavy (non-hydrogen) atoms. The Morgan fingerprint density at radius 1 is 1.03 bits per heavy atom. The SMILES string of the molecule is COc1cc([C@@H]2C(C(=O)Nc3ccc(F)cc3)=C(C)NC3=C2C(=O)C[C@@H](c2ccccc2)C3)ccc1O. The smallest absolute Gasteiger partial charge is 0.254 e. The molecule has 0 fully saturated rings. The highest BCUT2D eigenvalue weighted by atomic mass is 19.1. The Balaban J connectivity index is 1.59. The average molecular weight is 499 g/mol. The summed E-state index contributed by atoms with van der Waals surface area (Å²) in [5.41, 5.74) is 4.51. The Morgan fingerprint density at radius 3 is 2.46 bits per heavy atom. The molecule has 0 radical (unpaired) electrons. The van der Waals surface area contributed by atoms with Crippen molar-refractivity contribution in [2.24, 2.45) is 0 Å². The van der Waals surface area contributed by atoms with Crippen molar-refractivity contribution in [1.29, 1.82) is 0 Å². The number of ketones is 1. The minimum Gasteiger partial charge on any atom is -0.504 e. The van der Waals surface area contributed by atoms with Crippen LogP contribution in [0.3, 0.4) is 0 Å². The fourth-order valence-corrected chi connectivity index (χ4v) is 5.24. The first kappa shape index (κ1) is 24.3. The molecule has 2 atom stereocenters. The van der Waals surface area contributed by atoms with Gasteiger partial charge in [0.05, 0.1) is 7.11 Å². The first-order chi connectivity index (χ1) is 17.9. The van der Waals surface area contributed by atoms with Gasteiger partial charge >= 0.3 is 0 Å². The first-order valence-corrected chi connectivity index (χ1v) is 12.1. The van der Waals surface area contributed by atoms with Gasteiger partial charge in [0.15, 0.2) is 17.3 Å². The quantitative estimate of drug-likeness (QED) is 0.430. The largest absolute Gasteiger partial charge is 0.504 e. The van der Waals surface area contributed by atoms with Crippen molar-refractivity contribution < 1.29 is 23.8 Å². The molecule has 0 spiro atoms. The highest BCUT2D eigenvalue weighted by Gasteiger charge is 2.41. The molecule has 2 aliphatic rings.